The Labute approximate surface area is 117 Å². The summed E-state index contributed by atoms with van der Waals surface area (Å²) in [5.41, 5.74) is 0.750. The molecule has 1 rings (SSSR count). The van der Waals surface area contributed by atoms with Gasteiger partial charge in [-0.3, -0.25) is 4.79 Å². The van der Waals surface area contributed by atoms with Crippen LogP contribution in [0.2, 0.25) is 0 Å². The fourth-order valence-electron chi connectivity index (χ4n) is 1.35. The average Bonchev–Trinajstić information content (AvgIpc) is 2.50. The summed E-state index contributed by atoms with van der Waals surface area (Å²) in [5, 5.41) is 2.46. The van der Waals surface area contributed by atoms with Gasteiger partial charge in [0.1, 0.15) is 0 Å². The summed E-state index contributed by atoms with van der Waals surface area (Å²) in [6.07, 6.45) is 2.90. The molecule has 0 spiro atoms. The van der Waals surface area contributed by atoms with Crippen molar-refractivity contribution < 1.29 is 23.8 Å². The zero-order chi connectivity index (χ0) is 15.0. The lowest BCUT2D eigenvalue weighted by atomic mass is 10.2. The molecule has 0 saturated carbocycles. The van der Waals surface area contributed by atoms with Crippen LogP contribution in [-0.4, -0.2) is 39.8 Å². The highest BCUT2D eigenvalue weighted by molar-refractivity contribution is 5.87. The zero-order valence-corrected chi connectivity index (χ0v) is 11.6. The Balaban J connectivity index is 2.82. The van der Waals surface area contributed by atoms with Crippen LogP contribution in [0.3, 0.4) is 0 Å². The molecule has 20 heavy (non-hydrogen) atoms. The van der Waals surface area contributed by atoms with Crippen LogP contribution in [-0.2, 0) is 14.3 Å². The summed E-state index contributed by atoms with van der Waals surface area (Å²) < 4.78 is 15.0. The molecule has 6 nitrogen and oxygen atoms in total. The molecule has 0 aliphatic heterocycles. The Morgan fingerprint density at radius 2 is 2.00 bits per heavy atom. The number of methoxy groups -OCH3 is 2. The van der Waals surface area contributed by atoms with Crippen molar-refractivity contribution in [3.8, 4) is 11.5 Å². The van der Waals surface area contributed by atoms with Gasteiger partial charge in [0.25, 0.3) is 5.91 Å². The van der Waals surface area contributed by atoms with E-state index in [2.05, 4.69) is 10.1 Å². The molecule has 0 aliphatic rings. The van der Waals surface area contributed by atoms with Crippen LogP contribution in [0.5, 0.6) is 11.5 Å². The maximum Gasteiger partial charge on any atom is 0.330 e. The molecule has 0 aliphatic carbocycles. The summed E-state index contributed by atoms with van der Waals surface area (Å²) in [7, 11) is 4.34. The molecular weight excluding hydrogens is 262 g/mol. The van der Waals surface area contributed by atoms with Crippen LogP contribution in [0.1, 0.15) is 5.56 Å². The first-order valence-corrected chi connectivity index (χ1v) is 5.88. The van der Waals surface area contributed by atoms with Gasteiger partial charge in [0, 0.05) is 13.1 Å². The molecular formula is C14H17NO5. The lowest BCUT2D eigenvalue weighted by Gasteiger charge is -2.10. The summed E-state index contributed by atoms with van der Waals surface area (Å²) in [5.74, 6) is 0.248. The minimum Gasteiger partial charge on any atom is -0.493 e. The lowest BCUT2D eigenvalue weighted by molar-refractivity contribution is -0.134. The normalized spacial score (nSPS) is 10.2. The average molecular weight is 279 g/mol. The van der Waals surface area contributed by atoms with Gasteiger partial charge in [-0.1, -0.05) is 6.07 Å². The minimum atomic E-state index is -0.441. The maximum absolute atomic E-state index is 11.1. The smallest absolute Gasteiger partial charge is 0.330 e. The van der Waals surface area contributed by atoms with Gasteiger partial charge < -0.3 is 19.5 Å². The van der Waals surface area contributed by atoms with Crippen molar-refractivity contribution in [3.63, 3.8) is 0 Å². The number of rotatable bonds is 6. The molecule has 0 aromatic heterocycles. The van der Waals surface area contributed by atoms with E-state index in [0.29, 0.717) is 11.5 Å². The van der Waals surface area contributed by atoms with Crippen molar-refractivity contribution in [2.75, 3.05) is 27.9 Å². The molecule has 0 radical (unpaired) electrons. The van der Waals surface area contributed by atoms with Gasteiger partial charge in [0.05, 0.1) is 14.2 Å². The van der Waals surface area contributed by atoms with Crippen molar-refractivity contribution in [3.05, 3.63) is 29.8 Å². The van der Waals surface area contributed by atoms with E-state index in [9.17, 15) is 9.59 Å². The van der Waals surface area contributed by atoms with Gasteiger partial charge >= 0.3 is 5.97 Å². The highest BCUT2D eigenvalue weighted by Gasteiger charge is 2.07. The molecule has 1 N–H and O–H groups in total. The summed E-state index contributed by atoms with van der Waals surface area (Å²) >= 11 is 0. The number of hydrogen-bond donors (Lipinski definition) is 1. The number of hydrogen-bond acceptors (Lipinski definition) is 5. The first kappa shape index (κ1) is 15.6. The minimum absolute atomic E-state index is 0.0930. The molecule has 1 aromatic rings. The fourth-order valence-corrected chi connectivity index (χ4v) is 1.35. The number of nitrogens with one attached hydrogen (secondary N) is 1. The van der Waals surface area contributed by atoms with Crippen LogP contribution in [0, 0.1) is 0 Å². The van der Waals surface area contributed by atoms with E-state index in [0.717, 1.165) is 5.56 Å². The number of ether oxygens (including phenoxy) is 3. The van der Waals surface area contributed by atoms with Crippen molar-refractivity contribution in [2.45, 2.75) is 0 Å². The van der Waals surface area contributed by atoms with Gasteiger partial charge in [-0.05, 0) is 23.8 Å². The van der Waals surface area contributed by atoms with E-state index < -0.39 is 5.97 Å². The number of likely N-dealkylation sites (N-methyl/N-ethyl adjacent to an activating group) is 1. The summed E-state index contributed by atoms with van der Waals surface area (Å²) in [6, 6.07) is 5.10. The second kappa shape index (κ2) is 7.83. The summed E-state index contributed by atoms with van der Waals surface area (Å²) in [6.45, 7) is -0.0930. The van der Waals surface area contributed by atoms with Gasteiger partial charge in [0.2, 0.25) is 0 Å². The molecule has 0 atom stereocenters. The van der Waals surface area contributed by atoms with Crippen molar-refractivity contribution in [1.29, 1.82) is 0 Å². The quantitative estimate of drug-likeness (QED) is 0.621. The molecule has 0 saturated heterocycles. The van der Waals surface area contributed by atoms with E-state index >= 15 is 0 Å². The predicted molar refractivity (Wildman–Crippen MR) is 73.6 cm³/mol. The van der Waals surface area contributed by atoms with Gasteiger partial charge in [-0.2, -0.15) is 0 Å². The Hall–Kier alpha value is -2.50. The number of esters is 1. The van der Waals surface area contributed by atoms with Crippen LogP contribution in [0.25, 0.3) is 6.08 Å². The first-order valence-electron chi connectivity index (χ1n) is 5.88. The zero-order valence-electron chi connectivity index (χ0n) is 11.6. The van der Waals surface area contributed by atoms with Crippen LogP contribution in [0.4, 0.5) is 0 Å². The monoisotopic (exact) mass is 279 g/mol. The lowest BCUT2D eigenvalue weighted by Crippen LogP contribution is -2.24. The largest absolute Gasteiger partial charge is 0.493 e. The summed E-state index contributed by atoms with van der Waals surface area (Å²) in [4.78, 5) is 22.1. The fraction of sp³-hybridized carbons (Fsp3) is 0.286. The van der Waals surface area contributed by atoms with Crippen molar-refractivity contribution in [1.82, 2.24) is 5.32 Å². The Morgan fingerprint density at radius 1 is 1.25 bits per heavy atom. The van der Waals surface area contributed by atoms with E-state index in [1.165, 1.54) is 27.3 Å². The SMILES string of the molecule is CNC(=O)COc1ccc(/C=C/C(=O)OC)cc1OC. The molecule has 1 amide bonds. The second-order valence-electron chi connectivity index (χ2n) is 3.73. The van der Waals surface area contributed by atoms with Crippen LogP contribution >= 0.6 is 0 Å². The molecule has 0 bridgehead atoms. The molecule has 0 fully saturated rings. The van der Waals surface area contributed by atoms with E-state index in [1.807, 2.05) is 0 Å². The topological polar surface area (TPSA) is 73.9 Å². The third kappa shape index (κ3) is 4.64. The van der Waals surface area contributed by atoms with Gasteiger partial charge in [-0.25, -0.2) is 4.79 Å². The van der Waals surface area contributed by atoms with Gasteiger partial charge in [-0.15, -0.1) is 0 Å². The maximum atomic E-state index is 11.1. The first-order chi connectivity index (χ1) is 9.60. The van der Waals surface area contributed by atoms with Gasteiger partial charge in [0.15, 0.2) is 18.1 Å². The van der Waals surface area contributed by atoms with Crippen molar-refractivity contribution >= 4 is 18.0 Å². The number of benzene rings is 1. The molecule has 0 unspecified atom stereocenters. The van der Waals surface area contributed by atoms with Crippen LogP contribution < -0.4 is 14.8 Å². The number of carbonyl (C=O) groups is 2. The van der Waals surface area contributed by atoms with E-state index in [-0.39, 0.29) is 12.5 Å². The molecule has 1 aromatic carbocycles. The third-order valence-electron chi connectivity index (χ3n) is 2.44. The number of amides is 1. The predicted octanol–water partition coefficient (Wildman–Crippen LogP) is 1.01. The van der Waals surface area contributed by atoms with E-state index in [4.69, 9.17) is 9.47 Å². The molecule has 108 valence electrons. The number of carbonyl (C=O) groups excluding carboxylic acids is 2. The highest BCUT2D eigenvalue weighted by Crippen LogP contribution is 2.28. The van der Waals surface area contributed by atoms with Crippen LogP contribution in [0.15, 0.2) is 24.3 Å². The standard InChI is InChI=1S/C14H17NO5/c1-15-13(16)9-20-11-6-4-10(8-12(11)18-2)5-7-14(17)19-3/h4-8H,9H2,1-3H3,(H,15,16)/b7-5+. The molecule has 0 heterocycles. The molecule has 6 heteroatoms. The Bertz CT molecular complexity index is 510. The van der Waals surface area contributed by atoms with Crippen molar-refractivity contribution in [2.24, 2.45) is 0 Å². The van der Waals surface area contributed by atoms with E-state index in [1.54, 1.807) is 24.3 Å². The third-order valence-corrected chi connectivity index (χ3v) is 2.44. The highest BCUT2D eigenvalue weighted by atomic mass is 16.5. The Morgan fingerprint density at radius 3 is 2.60 bits per heavy atom. The Kier molecular flexibility index (Phi) is 6.09. The second-order valence-corrected chi connectivity index (χ2v) is 3.73.